The summed E-state index contributed by atoms with van der Waals surface area (Å²) in [6, 6.07) is 3.77. The number of nitro benzene ring substituents is 1. The van der Waals surface area contributed by atoms with Crippen molar-refractivity contribution in [3.05, 3.63) is 50.4 Å². The van der Waals surface area contributed by atoms with Gasteiger partial charge in [0.2, 0.25) is 5.28 Å². The van der Waals surface area contributed by atoms with E-state index >= 15 is 0 Å². The minimum Gasteiger partial charge on any atom is -0.298 e. The lowest BCUT2D eigenvalue weighted by Gasteiger charge is -2.02. The molecule has 0 aliphatic heterocycles. The molecule has 11 heteroatoms. The van der Waals surface area contributed by atoms with Gasteiger partial charge in [0.1, 0.15) is 15.4 Å². The zero-order valence-electron chi connectivity index (χ0n) is 11.0. The molecule has 2 heterocycles. The van der Waals surface area contributed by atoms with Gasteiger partial charge < -0.3 is 0 Å². The third kappa shape index (κ3) is 3.21. The Morgan fingerprint density at radius 1 is 1.30 bits per heavy atom. The van der Waals surface area contributed by atoms with Gasteiger partial charge in [0, 0.05) is 11.6 Å². The van der Waals surface area contributed by atoms with Crippen molar-refractivity contribution in [1.82, 2.24) is 15.0 Å². The Hall–Kier alpha value is -2.36. The van der Waals surface area contributed by atoms with Crippen LogP contribution in [-0.2, 0) is 0 Å². The van der Waals surface area contributed by atoms with Gasteiger partial charge in [0.05, 0.1) is 11.1 Å². The Balaban J connectivity index is 1.88. The molecule has 0 unspecified atom stereocenters. The first-order valence-electron chi connectivity index (χ1n) is 5.98. The van der Waals surface area contributed by atoms with E-state index in [4.69, 9.17) is 23.2 Å². The predicted molar refractivity (Wildman–Crippen MR) is 86.3 cm³/mol. The lowest BCUT2D eigenvalue weighted by molar-refractivity contribution is -0.384. The van der Waals surface area contributed by atoms with E-state index in [1.54, 1.807) is 0 Å². The highest BCUT2D eigenvalue weighted by molar-refractivity contribution is 7.22. The number of amides is 1. The second kappa shape index (κ2) is 6.03. The van der Waals surface area contributed by atoms with Crippen molar-refractivity contribution in [1.29, 1.82) is 0 Å². The van der Waals surface area contributed by atoms with Crippen LogP contribution >= 0.6 is 34.5 Å². The Morgan fingerprint density at radius 3 is 2.83 bits per heavy atom. The third-order valence-electron chi connectivity index (χ3n) is 2.75. The van der Waals surface area contributed by atoms with E-state index in [9.17, 15) is 14.9 Å². The van der Waals surface area contributed by atoms with Crippen molar-refractivity contribution >= 4 is 61.6 Å². The van der Waals surface area contributed by atoms with Gasteiger partial charge in [0.25, 0.3) is 11.6 Å². The fraction of sp³-hybridized carbons (Fsp3) is 0. The predicted octanol–water partition coefficient (Wildman–Crippen LogP) is 3.55. The number of rotatable bonds is 3. The SMILES string of the molecule is O=C(Nc1nc2cnc(Cl)nc2s1)c1ccc(Cl)c([N+](=O)[O-])c1. The van der Waals surface area contributed by atoms with Crippen molar-refractivity contribution in [3.63, 3.8) is 0 Å². The molecule has 0 bridgehead atoms. The first-order chi connectivity index (χ1) is 10.9. The van der Waals surface area contributed by atoms with Crippen LogP contribution in [-0.4, -0.2) is 25.8 Å². The normalized spacial score (nSPS) is 10.7. The number of aromatic nitrogens is 3. The lowest BCUT2D eigenvalue weighted by Crippen LogP contribution is -2.11. The number of carbonyl (C=O) groups is 1. The van der Waals surface area contributed by atoms with Crippen LogP contribution < -0.4 is 5.32 Å². The Bertz CT molecular complexity index is 946. The largest absolute Gasteiger partial charge is 0.298 e. The molecule has 3 rings (SSSR count). The number of halogens is 2. The number of nitro groups is 1. The van der Waals surface area contributed by atoms with E-state index in [0.717, 1.165) is 17.4 Å². The first-order valence-corrected chi connectivity index (χ1v) is 7.55. The number of carbonyl (C=O) groups excluding carboxylic acids is 1. The molecule has 0 aliphatic carbocycles. The van der Waals surface area contributed by atoms with Crippen LogP contribution in [0.5, 0.6) is 0 Å². The summed E-state index contributed by atoms with van der Waals surface area (Å²) in [5.74, 6) is -0.553. The van der Waals surface area contributed by atoms with Crippen LogP contribution in [0.1, 0.15) is 10.4 Å². The van der Waals surface area contributed by atoms with E-state index in [1.165, 1.54) is 18.3 Å². The number of nitrogens with zero attached hydrogens (tertiary/aromatic N) is 4. The summed E-state index contributed by atoms with van der Waals surface area (Å²) in [5.41, 5.74) is 0.225. The number of anilines is 1. The van der Waals surface area contributed by atoms with Crippen LogP contribution in [0, 0.1) is 10.1 Å². The smallest absolute Gasteiger partial charge is 0.288 e. The van der Waals surface area contributed by atoms with Crippen LogP contribution in [0.25, 0.3) is 10.3 Å². The maximum atomic E-state index is 12.2. The van der Waals surface area contributed by atoms with Gasteiger partial charge in [-0.15, -0.1) is 0 Å². The molecular formula is C12H5Cl2N5O3S. The average Bonchev–Trinajstić information content (AvgIpc) is 2.88. The fourth-order valence-corrected chi connectivity index (χ4v) is 2.91. The molecule has 0 saturated carbocycles. The quantitative estimate of drug-likeness (QED) is 0.429. The lowest BCUT2D eigenvalue weighted by atomic mass is 10.2. The van der Waals surface area contributed by atoms with E-state index in [1.807, 2.05) is 0 Å². The van der Waals surface area contributed by atoms with E-state index < -0.39 is 10.8 Å². The van der Waals surface area contributed by atoms with Gasteiger partial charge in [-0.3, -0.25) is 20.2 Å². The monoisotopic (exact) mass is 369 g/mol. The minimum atomic E-state index is -0.658. The van der Waals surface area contributed by atoms with Crippen LogP contribution in [0.15, 0.2) is 24.4 Å². The number of nitrogens with one attached hydrogen (secondary N) is 1. The van der Waals surface area contributed by atoms with E-state index in [2.05, 4.69) is 20.3 Å². The zero-order valence-corrected chi connectivity index (χ0v) is 13.3. The third-order valence-corrected chi connectivity index (χ3v) is 4.13. The summed E-state index contributed by atoms with van der Waals surface area (Å²) in [6.07, 6.45) is 1.43. The second-order valence-corrected chi connectivity index (χ2v) is 5.95. The van der Waals surface area contributed by atoms with E-state index in [0.29, 0.717) is 10.3 Å². The topological polar surface area (TPSA) is 111 Å². The minimum absolute atomic E-state index is 0.0450. The summed E-state index contributed by atoms with van der Waals surface area (Å²) >= 11 is 12.5. The van der Waals surface area contributed by atoms with Crippen molar-refractivity contribution in [2.75, 3.05) is 5.32 Å². The molecule has 1 aromatic carbocycles. The summed E-state index contributed by atoms with van der Waals surface area (Å²) < 4.78 is 0. The Morgan fingerprint density at radius 2 is 2.09 bits per heavy atom. The molecule has 1 amide bonds. The average molecular weight is 370 g/mol. The van der Waals surface area contributed by atoms with Crippen LogP contribution in [0.3, 0.4) is 0 Å². The van der Waals surface area contributed by atoms with Gasteiger partial charge in [0.15, 0.2) is 5.13 Å². The molecule has 3 aromatic rings. The maximum Gasteiger partial charge on any atom is 0.288 e. The zero-order chi connectivity index (χ0) is 16.6. The highest BCUT2D eigenvalue weighted by Gasteiger charge is 2.17. The molecule has 0 radical (unpaired) electrons. The molecule has 8 nitrogen and oxygen atoms in total. The Kier molecular flexibility index (Phi) is 4.07. The van der Waals surface area contributed by atoms with Crippen LogP contribution in [0.4, 0.5) is 10.8 Å². The highest BCUT2D eigenvalue weighted by Crippen LogP contribution is 2.27. The maximum absolute atomic E-state index is 12.2. The van der Waals surface area contributed by atoms with Crippen LogP contribution in [0.2, 0.25) is 10.3 Å². The molecule has 0 fully saturated rings. The fourth-order valence-electron chi connectivity index (χ4n) is 1.73. The van der Waals surface area contributed by atoms with Gasteiger partial charge in [-0.25, -0.2) is 15.0 Å². The van der Waals surface area contributed by atoms with E-state index in [-0.39, 0.29) is 26.7 Å². The molecule has 0 atom stereocenters. The van der Waals surface area contributed by atoms with Gasteiger partial charge >= 0.3 is 0 Å². The summed E-state index contributed by atoms with van der Waals surface area (Å²) in [6.45, 7) is 0. The van der Waals surface area contributed by atoms with Gasteiger partial charge in [-0.05, 0) is 23.7 Å². The number of hydrogen-bond acceptors (Lipinski definition) is 7. The molecule has 0 spiro atoms. The standard InChI is InChI=1S/C12H5Cl2N5O3S/c13-6-2-1-5(3-8(6)19(21)22)9(20)17-12-16-7-4-15-11(14)18-10(7)23-12/h1-4H,(H,16,17,20). The van der Waals surface area contributed by atoms with Crippen molar-refractivity contribution in [2.45, 2.75) is 0 Å². The number of benzene rings is 1. The first kappa shape index (κ1) is 15.5. The van der Waals surface area contributed by atoms with Gasteiger partial charge in [-0.1, -0.05) is 22.9 Å². The summed E-state index contributed by atoms with van der Waals surface area (Å²) in [7, 11) is 0. The second-order valence-electron chi connectivity index (χ2n) is 4.23. The number of hydrogen-bond donors (Lipinski definition) is 1. The summed E-state index contributed by atoms with van der Waals surface area (Å²) in [4.78, 5) is 34.8. The molecule has 116 valence electrons. The molecule has 0 aliphatic rings. The van der Waals surface area contributed by atoms with Crippen molar-refractivity contribution in [2.24, 2.45) is 0 Å². The molecule has 23 heavy (non-hydrogen) atoms. The molecule has 2 aromatic heterocycles. The molecule has 0 saturated heterocycles. The molecular weight excluding hydrogens is 365 g/mol. The highest BCUT2D eigenvalue weighted by atomic mass is 35.5. The van der Waals surface area contributed by atoms with Crippen molar-refractivity contribution < 1.29 is 9.72 Å². The van der Waals surface area contributed by atoms with Crippen molar-refractivity contribution in [3.8, 4) is 0 Å². The molecule has 1 N–H and O–H groups in total. The number of fused-ring (bicyclic) bond motifs is 1. The Labute approximate surface area is 142 Å². The van der Waals surface area contributed by atoms with Gasteiger partial charge in [-0.2, -0.15) is 0 Å². The summed E-state index contributed by atoms with van der Waals surface area (Å²) in [5, 5.41) is 13.7. The number of thiazole rings is 1.